The quantitative estimate of drug-likeness (QED) is 0.184. The van der Waals surface area contributed by atoms with Crippen LogP contribution >= 0.6 is 23.2 Å². The maximum absolute atomic E-state index is 14.7. The van der Waals surface area contributed by atoms with Crippen LogP contribution in [0.15, 0.2) is 73.1 Å². The molecule has 1 aliphatic rings. The van der Waals surface area contributed by atoms with Gasteiger partial charge >= 0.3 is 0 Å². The first-order chi connectivity index (χ1) is 20.4. The fourth-order valence-electron chi connectivity index (χ4n) is 5.11. The van der Waals surface area contributed by atoms with Crippen LogP contribution in [-0.2, 0) is 0 Å². The summed E-state index contributed by atoms with van der Waals surface area (Å²) in [6.07, 6.45) is 2.74. The second kappa shape index (κ2) is 11.9. The second-order valence-electron chi connectivity index (χ2n) is 9.95. The highest BCUT2D eigenvalue weighted by Gasteiger charge is 2.28. The summed E-state index contributed by atoms with van der Waals surface area (Å²) in [7, 11) is 0. The van der Waals surface area contributed by atoms with Crippen molar-refractivity contribution in [2.24, 2.45) is 0 Å². The number of piperidine rings is 1. The Morgan fingerprint density at radius 1 is 1.07 bits per heavy atom. The van der Waals surface area contributed by atoms with Gasteiger partial charge in [0, 0.05) is 29.5 Å². The number of halogens is 4. The molecule has 0 unspecified atom stereocenters. The van der Waals surface area contributed by atoms with Gasteiger partial charge in [0.15, 0.2) is 0 Å². The number of nitrogens with zero attached hydrogens (tertiary/aromatic N) is 5. The summed E-state index contributed by atoms with van der Waals surface area (Å²) in [5, 5.41) is 29.2. The first-order valence-corrected chi connectivity index (χ1v) is 14.0. The topological polar surface area (TPSA) is 103 Å². The van der Waals surface area contributed by atoms with Crippen LogP contribution in [0.4, 0.5) is 25.8 Å². The highest BCUT2D eigenvalue weighted by atomic mass is 35.5. The Labute approximate surface area is 250 Å². The van der Waals surface area contributed by atoms with E-state index >= 15 is 0 Å². The molecule has 1 aliphatic heterocycles. The minimum Gasteiger partial charge on any atom is -0.373 e. The van der Waals surface area contributed by atoms with E-state index in [0.29, 0.717) is 51.6 Å². The molecule has 5 aromatic rings. The molecule has 3 N–H and O–H groups in total. The molecule has 6 rings (SSSR count). The van der Waals surface area contributed by atoms with Crippen molar-refractivity contribution in [3.05, 3.63) is 106 Å². The molecule has 3 aromatic carbocycles. The second-order valence-corrected chi connectivity index (χ2v) is 10.8. The first-order valence-electron chi connectivity index (χ1n) is 13.2. The predicted octanol–water partition coefficient (Wildman–Crippen LogP) is 6.96. The Morgan fingerprint density at radius 2 is 1.88 bits per heavy atom. The number of benzene rings is 3. The summed E-state index contributed by atoms with van der Waals surface area (Å²) in [4.78, 5) is 4.41. The Balaban J connectivity index is 1.41. The summed E-state index contributed by atoms with van der Waals surface area (Å²) in [5.41, 5.74) is 3.80. The van der Waals surface area contributed by atoms with E-state index in [2.05, 4.69) is 37.3 Å². The van der Waals surface area contributed by atoms with Crippen molar-refractivity contribution in [3.63, 3.8) is 0 Å². The Morgan fingerprint density at radius 3 is 2.64 bits per heavy atom. The number of nitriles is 1. The minimum atomic E-state index is -1.07. The third-order valence-electron chi connectivity index (χ3n) is 7.22. The lowest BCUT2D eigenvalue weighted by Crippen LogP contribution is -2.39. The van der Waals surface area contributed by atoms with Gasteiger partial charge in [-0.3, -0.25) is 4.98 Å². The van der Waals surface area contributed by atoms with Crippen LogP contribution in [-0.4, -0.2) is 39.2 Å². The van der Waals surface area contributed by atoms with Crippen molar-refractivity contribution >= 4 is 51.2 Å². The van der Waals surface area contributed by atoms with Gasteiger partial charge in [-0.15, -0.1) is 5.10 Å². The molecule has 3 atom stereocenters. The van der Waals surface area contributed by atoms with Gasteiger partial charge in [0.1, 0.15) is 23.8 Å². The van der Waals surface area contributed by atoms with Crippen LogP contribution in [0, 0.1) is 17.1 Å². The van der Waals surface area contributed by atoms with Crippen molar-refractivity contribution in [1.29, 1.82) is 5.26 Å². The summed E-state index contributed by atoms with van der Waals surface area (Å²) < 4.78 is 30.1. The molecule has 8 nitrogen and oxygen atoms in total. The maximum Gasteiger partial charge on any atom is 0.141 e. The molecule has 0 spiro atoms. The molecule has 0 amide bonds. The average Bonchev–Trinajstić information content (AvgIpc) is 3.48. The van der Waals surface area contributed by atoms with E-state index in [-0.39, 0.29) is 17.1 Å². The number of rotatable bonds is 7. The molecule has 2 aromatic heterocycles. The minimum absolute atomic E-state index is 0.0559. The fraction of sp³-hybridized carbons (Fsp3) is 0.200. The zero-order chi connectivity index (χ0) is 29.2. The number of alkyl halides is 1. The maximum atomic E-state index is 14.7. The number of aromatic nitrogens is 4. The zero-order valence-electron chi connectivity index (χ0n) is 22.0. The predicted molar refractivity (Wildman–Crippen MR) is 160 cm³/mol. The van der Waals surface area contributed by atoms with Gasteiger partial charge in [0.05, 0.1) is 45.1 Å². The molecule has 0 saturated carbocycles. The average molecular weight is 605 g/mol. The van der Waals surface area contributed by atoms with Crippen LogP contribution in [0.2, 0.25) is 10.0 Å². The third-order valence-corrected chi connectivity index (χ3v) is 7.79. The number of pyridine rings is 1. The molecule has 0 aliphatic carbocycles. The Bertz CT molecular complexity index is 1790. The van der Waals surface area contributed by atoms with E-state index in [4.69, 9.17) is 23.2 Å². The van der Waals surface area contributed by atoms with E-state index < -0.39 is 24.1 Å². The van der Waals surface area contributed by atoms with Crippen LogP contribution in [0.3, 0.4) is 0 Å². The molecule has 212 valence electrons. The van der Waals surface area contributed by atoms with Gasteiger partial charge in [-0.25, -0.2) is 13.5 Å². The van der Waals surface area contributed by atoms with Gasteiger partial charge in [-0.2, -0.15) is 5.26 Å². The van der Waals surface area contributed by atoms with Crippen molar-refractivity contribution in [2.45, 2.75) is 24.7 Å². The van der Waals surface area contributed by atoms with Crippen LogP contribution in [0.5, 0.6) is 0 Å². The number of nitrogens with one attached hydrogen (secondary N) is 3. The molecule has 0 radical (unpaired) electrons. The van der Waals surface area contributed by atoms with Gasteiger partial charge in [0.2, 0.25) is 0 Å². The lowest BCUT2D eigenvalue weighted by Gasteiger charge is -2.26. The highest BCUT2D eigenvalue weighted by Crippen LogP contribution is 2.37. The summed E-state index contributed by atoms with van der Waals surface area (Å²) in [5.74, 6) is -0.553. The number of fused-ring (bicyclic) bond motifs is 1. The number of hydrogen-bond acceptors (Lipinski definition) is 7. The highest BCUT2D eigenvalue weighted by molar-refractivity contribution is 6.36. The van der Waals surface area contributed by atoms with E-state index in [1.807, 2.05) is 36.4 Å². The SMILES string of the molecule is N#Cc1cnc2c(Cl)cc(N[C@@H](c3ccccc3)c3cn([C@@H]4CCNC[C@@H]4F)nn3)cc2c1Nc1ccc(F)c(Cl)c1. The Kier molecular flexibility index (Phi) is 7.89. The summed E-state index contributed by atoms with van der Waals surface area (Å²) in [6, 6.07) is 18.8. The number of anilines is 3. The van der Waals surface area contributed by atoms with E-state index in [9.17, 15) is 14.0 Å². The first kappa shape index (κ1) is 27.8. The normalized spacial score (nSPS) is 17.5. The standard InChI is InChI=1S/C30H24Cl2F2N8/c31-22-11-19(6-7-24(22)33)38-28-18(13-35)14-37-30-21(28)10-20(12-23(30)32)39-29(17-4-2-1-3-5-17)26-16-42(41-40-26)27-8-9-36-15-25(27)34/h1-7,10-12,14,16,25,27,29,36,39H,8-9,15H2,(H,37,38)/t25-,27+,29-/m0/s1. The summed E-state index contributed by atoms with van der Waals surface area (Å²) in [6.45, 7) is 0.977. The monoisotopic (exact) mass is 604 g/mol. The molecule has 12 heteroatoms. The molecule has 1 fully saturated rings. The van der Waals surface area contributed by atoms with Gasteiger partial charge < -0.3 is 16.0 Å². The molecular formula is C30H24Cl2F2N8. The van der Waals surface area contributed by atoms with E-state index in [0.717, 1.165) is 5.56 Å². The van der Waals surface area contributed by atoms with Crippen LogP contribution in [0.25, 0.3) is 10.9 Å². The smallest absolute Gasteiger partial charge is 0.141 e. The molecule has 0 bridgehead atoms. The fourth-order valence-corrected chi connectivity index (χ4v) is 5.56. The van der Waals surface area contributed by atoms with E-state index in [1.165, 1.54) is 24.4 Å². The van der Waals surface area contributed by atoms with Crippen LogP contribution in [0.1, 0.15) is 35.3 Å². The lowest BCUT2D eigenvalue weighted by atomic mass is 10.0. The van der Waals surface area contributed by atoms with Crippen LogP contribution < -0.4 is 16.0 Å². The largest absolute Gasteiger partial charge is 0.373 e. The van der Waals surface area contributed by atoms with Crippen molar-refractivity contribution < 1.29 is 8.78 Å². The molecule has 3 heterocycles. The van der Waals surface area contributed by atoms with Crippen molar-refractivity contribution in [3.8, 4) is 6.07 Å². The molecular weight excluding hydrogens is 581 g/mol. The zero-order valence-corrected chi connectivity index (χ0v) is 23.5. The van der Waals surface area contributed by atoms with Gasteiger partial charge in [-0.1, -0.05) is 58.7 Å². The van der Waals surface area contributed by atoms with Gasteiger partial charge in [-0.05, 0) is 48.9 Å². The molecule has 42 heavy (non-hydrogen) atoms. The van der Waals surface area contributed by atoms with E-state index in [1.54, 1.807) is 16.9 Å². The Hall–Kier alpha value is -4.30. The summed E-state index contributed by atoms with van der Waals surface area (Å²) >= 11 is 12.7. The number of hydrogen-bond donors (Lipinski definition) is 3. The van der Waals surface area contributed by atoms with Gasteiger partial charge in [0.25, 0.3) is 0 Å². The molecule has 1 saturated heterocycles. The lowest BCUT2D eigenvalue weighted by molar-refractivity contribution is 0.171. The van der Waals surface area contributed by atoms with Crippen molar-refractivity contribution in [1.82, 2.24) is 25.3 Å². The third kappa shape index (κ3) is 5.59. The van der Waals surface area contributed by atoms with Crippen molar-refractivity contribution in [2.75, 3.05) is 23.7 Å².